The molecule has 2 aliphatic rings. The molecule has 1 aromatic rings. The van der Waals surface area contributed by atoms with E-state index in [0.717, 1.165) is 24.7 Å². The number of nitriles is 1. The number of hydrogen-bond donors (Lipinski definition) is 1. The van der Waals surface area contributed by atoms with E-state index in [4.69, 9.17) is 5.26 Å². The van der Waals surface area contributed by atoms with Gasteiger partial charge in [-0.2, -0.15) is 5.26 Å². The van der Waals surface area contributed by atoms with Crippen molar-refractivity contribution in [2.45, 2.75) is 37.9 Å². The molecule has 2 atom stereocenters. The van der Waals surface area contributed by atoms with E-state index in [2.05, 4.69) is 28.4 Å². The summed E-state index contributed by atoms with van der Waals surface area (Å²) in [5, 5.41) is 12.5. The van der Waals surface area contributed by atoms with Gasteiger partial charge in [0.05, 0.1) is 11.6 Å². The van der Waals surface area contributed by atoms with Gasteiger partial charge < -0.3 is 5.32 Å². The van der Waals surface area contributed by atoms with E-state index in [0.29, 0.717) is 6.04 Å². The molecule has 2 unspecified atom stereocenters. The maximum absolute atomic E-state index is 8.79. The average Bonchev–Trinajstić information content (AvgIpc) is 2.74. The number of nitrogens with one attached hydrogen (secondary N) is 1. The van der Waals surface area contributed by atoms with Crippen LogP contribution in [-0.4, -0.2) is 30.1 Å². The Morgan fingerprint density at radius 2 is 1.94 bits per heavy atom. The molecule has 2 bridgehead atoms. The number of nitrogens with zero attached hydrogens (tertiary/aromatic N) is 2. The third-order valence-electron chi connectivity index (χ3n) is 4.10. The molecule has 94 valence electrons. The van der Waals surface area contributed by atoms with Crippen LogP contribution in [0.3, 0.4) is 0 Å². The normalized spacial score (nSPS) is 27.7. The predicted molar refractivity (Wildman–Crippen MR) is 71.0 cm³/mol. The van der Waals surface area contributed by atoms with Crippen molar-refractivity contribution in [2.75, 3.05) is 13.1 Å². The highest BCUT2D eigenvalue weighted by Gasteiger charge is 2.28. The van der Waals surface area contributed by atoms with Gasteiger partial charge in [0.25, 0.3) is 0 Å². The summed E-state index contributed by atoms with van der Waals surface area (Å²) < 4.78 is 0. The molecule has 1 N–H and O–H groups in total. The molecule has 2 aliphatic heterocycles. The topological polar surface area (TPSA) is 39.1 Å². The number of rotatable bonds is 2. The lowest BCUT2D eigenvalue weighted by Gasteiger charge is -2.23. The minimum atomic E-state index is 0.691. The van der Waals surface area contributed by atoms with Crippen LogP contribution in [0.5, 0.6) is 0 Å². The first-order valence-electron chi connectivity index (χ1n) is 6.81. The molecular weight excluding hydrogens is 222 g/mol. The van der Waals surface area contributed by atoms with Crippen molar-refractivity contribution < 1.29 is 0 Å². The van der Waals surface area contributed by atoms with Crippen molar-refractivity contribution in [1.29, 1.82) is 5.26 Å². The van der Waals surface area contributed by atoms with Crippen LogP contribution >= 0.6 is 0 Å². The summed E-state index contributed by atoms with van der Waals surface area (Å²) >= 11 is 0. The molecule has 0 saturated carbocycles. The molecule has 18 heavy (non-hydrogen) atoms. The summed E-state index contributed by atoms with van der Waals surface area (Å²) in [6.45, 7) is 3.36. The van der Waals surface area contributed by atoms with E-state index in [1.165, 1.54) is 31.4 Å². The SMILES string of the molecule is N#Cc1ccc(CN2CCC3CCC(C2)N3)cc1. The van der Waals surface area contributed by atoms with E-state index in [-0.39, 0.29) is 0 Å². The second-order valence-corrected chi connectivity index (χ2v) is 5.47. The second-order valence-electron chi connectivity index (χ2n) is 5.47. The van der Waals surface area contributed by atoms with E-state index in [1.54, 1.807) is 0 Å². The average molecular weight is 241 g/mol. The van der Waals surface area contributed by atoms with Gasteiger partial charge in [0.15, 0.2) is 0 Å². The van der Waals surface area contributed by atoms with Gasteiger partial charge in [-0.25, -0.2) is 0 Å². The third kappa shape index (κ3) is 2.55. The van der Waals surface area contributed by atoms with Crippen LogP contribution in [-0.2, 0) is 6.54 Å². The fourth-order valence-electron chi connectivity index (χ4n) is 3.10. The van der Waals surface area contributed by atoms with Crippen LogP contribution < -0.4 is 5.32 Å². The molecule has 2 fully saturated rings. The Morgan fingerprint density at radius 1 is 1.17 bits per heavy atom. The molecule has 2 heterocycles. The van der Waals surface area contributed by atoms with Crippen LogP contribution in [0.4, 0.5) is 0 Å². The zero-order valence-electron chi connectivity index (χ0n) is 10.6. The maximum Gasteiger partial charge on any atom is 0.0991 e. The highest BCUT2D eigenvalue weighted by Crippen LogP contribution is 2.21. The Balaban J connectivity index is 1.63. The number of benzene rings is 1. The molecule has 0 aliphatic carbocycles. The van der Waals surface area contributed by atoms with E-state index in [1.807, 2.05) is 12.1 Å². The largest absolute Gasteiger partial charge is 0.310 e. The fraction of sp³-hybridized carbons (Fsp3) is 0.533. The highest BCUT2D eigenvalue weighted by molar-refractivity contribution is 5.31. The summed E-state index contributed by atoms with van der Waals surface area (Å²) in [6, 6.07) is 11.6. The van der Waals surface area contributed by atoms with Crippen molar-refractivity contribution >= 4 is 0 Å². The summed E-state index contributed by atoms with van der Waals surface area (Å²) in [7, 11) is 0. The molecular formula is C15H19N3. The molecule has 0 spiro atoms. The number of hydrogen-bond acceptors (Lipinski definition) is 3. The fourth-order valence-corrected chi connectivity index (χ4v) is 3.10. The van der Waals surface area contributed by atoms with Crippen LogP contribution in [0.25, 0.3) is 0 Å². The van der Waals surface area contributed by atoms with Crippen LogP contribution in [0.2, 0.25) is 0 Å². The van der Waals surface area contributed by atoms with Crippen molar-refractivity contribution in [3.8, 4) is 6.07 Å². The summed E-state index contributed by atoms with van der Waals surface area (Å²) in [5.74, 6) is 0. The number of likely N-dealkylation sites (tertiary alicyclic amines) is 1. The van der Waals surface area contributed by atoms with Crippen molar-refractivity contribution in [3.63, 3.8) is 0 Å². The summed E-state index contributed by atoms with van der Waals surface area (Å²) in [5.41, 5.74) is 2.06. The molecule has 0 radical (unpaired) electrons. The van der Waals surface area contributed by atoms with Crippen LogP contribution in [0.1, 0.15) is 30.4 Å². The Morgan fingerprint density at radius 3 is 2.72 bits per heavy atom. The van der Waals surface area contributed by atoms with Gasteiger partial charge in [-0.05, 0) is 37.0 Å². The van der Waals surface area contributed by atoms with E-state index < -0.39 is 0 Å². The van der Waals surface area contributed by atoms with Gasteiger partial charge >= 0.3 is 0 Å². The van der Waals surface area contributed by atoms with Crippen LogP contribution in [0.15, 0.2) is 24.3 Å². The van der Waals surface area contributed by atoms with Crippen molar-refractivity contribution in [2.24, 2.45) is 0 Å². The lowest BCUT2D eigenvalue weighted by atomic mass is 10.1. The first kappa shape index (κ1) is 11.7. The number of fused-ring (bicyclic) bond motifs is 2. The second kappa shape index (κ2) is 5.09. The van der Waals surface area contributed by atoms with Crippen molar-refractivity contribution in [1.82, 2.24) is 10.2 Å². The Hall–Kier alpha value is -1.37. The van der Waals surface area contributed by atoms with Crippen molar-refractivity contribution in [3.05, 3.63) is 35.4 Å². The smallest absolute Gasteiger partial charge is 0.0991 e. The standard InChI is InChI=1S/C15H19N3/c16-9-12-1-3-13(4-2-12)10-18-8-7-14-5-6-15(11-18)17-14/h1-4,14-15,17H,5-8,10-11H2. The van der Waals surface area contributed by atoms with Gasteiger partial charge in [0, 0.05) is 31.7 Å². The monoisotopic (exact) mass is 241 g/mol. The van der Waals surface area contributed by atoms with Crippen LogP contribution in [0, 0.1) is 11.3 Å². The van der Waals surface area contributed by atoms with E-state index in [9.17, 15) is 0 Å². The Bertz CT molecular complexity index is 446. The quantitative estimate of drug-likeness (QED) is 0.859. The summed E-state index contributed by atoms with van der Waals surface area (Å²) in [6.07, 6.45) is 3.96. The molecule has 3 rings (SSSR count). The van der Waals surface area contributed by atoms with Gasteiger partial charge in [-0.1, -0.05) is 12.1 Å². The minimum Gasteiger partial charge on any atom is -0.310 e. The molecule has 3 nitrogen and oxygen atoms in total. The molecule has 2 saturated heterocycles. The molecule has 0 amide bonds. The highest BCUT2D eigenvalue weighted by atomic mass is 15.2. The molecule has 3 heteroatoms. The van der Waals surface area contributed by atoms with Gasteiger partial charge in [0.1, 0.15) is 0 Å². The third-order valence-corrected chi connectivity index (χ3v) is 4.10. The molecule has 1 aromatic carbocycles. The Labute approximate surface area is 108 Å². The zero-order chi connectivity index (χ0) is 12.4. The lowest BCUT2D eigenvalue weighted by molar-refractivity contribution is 0.251. The summed E-state index contributed by atoms with van der Waals surface area (Å²) in [4.78, 5) is 2.54. The molecule has 0 aromatic heterocycles. The first-order chi connectivity index (χ1) is 8.83. The minimum absolute atomic E-state index is 0.691. The zero-order valence-corrected chi connectivity index (χ0v) is 10.6. The lowest BCUT2D eigenvalue weighted by Crippen LogP contribution is -2.34. The van der Waals surface area contributed by atoms with Gasteiger partial charge in [-0.3, -0.25) is 4.90 Å². The first-order valence-corrected chi connectivity index (χ1v) is 6.81. The van der Waals surface area contributed by atoms with E-state index >= 15 is 0 Å². The van der Waals surface area contributed by atoms with Gasteiger partial charge in [-0.15, -0.1) is 0 Å². The maximum atomic E-state index is 8.79. The predicted octanol–water partition coefficient (Wildman–Crippen LogP) is 1.88. The van der Waals surface area contributed by atoms with Gasteiger partial charge in [0.2, 0.25) is 0 Å². The Kier molecular flexibility index (Phi) is 3.31.